The summed E-state index contributed by atoms with van der Waals surface area (Å²) in [5.41, 5.74) is -0.153. The Morgan fingerprint density at radius 2 is 2.09 bits per heavy atom. The predicted octanol–water partition coefficient (Wildman–Crippen LogP) is 0.244. The largest absolute Gasteiger partial charge is 0.348 e. The van der Waals surface area contributed by atoms with Crippen LogP contribution in [0.15, 0.2) is 17.2 Å². The molecule has 1 aromatic heterocycles. The number of H-pyrrole nitrogens is 1. The fourth-order valence-corrected chi connectivity index (χ4v) is 4.01. The van der Waals surface area contributed by atoms with E-state index in [1.807, 2.05) is 16.7 Å². The van der Waals surface area contributed by atoms with Gasteiger partial charge in [0.1, 0.15) is 5.69 Å². The number of carbonyl (C=O) groups excluding carboxylic acids is 2. The Hall–Kier alpha value is -1.83. The molecule has 1 aromatic rings. The average molecular weight is 336 g/mol. The van der Waals surface area contributed by atoms with Gasteiger partial charge in [0.2, 0.25) is 5.91 Å². The third kappa shape index (κ3) is 3.93. The molecule has 8 heteroatoms. The highest BCUT2D eigenvalue weighted by Gasteiger charge is 2.33. The van der Waals surface area contributed by atoms with Crippen LogP contribution in [0.2, 0.25) is 0 Å². The van der Waals surface area contributed by atoms with Crippen LogP contribution in [0.5, 0.6) is 0 Å². The fraction of sp³-hybridized carbons (Fsp3) is 0.600. The van der Waals surface area contributed by atoms with Gasteiger partial charge in [-0.1, -0.05) is 0 Å². The van der Waals surface area contributed by atoms with Gasteiger partial charge in [-0.2, -0.15) is 11.8 Å². The Morgan fingerprint density at radius 3 is 2.78 bits per heavy atom. The number of hydrogen-bond acceptors (Lipinski definition) is 5. The van der Waals surface area contributed by atoms with Gasteiger partial charge in [-0.3, -0.25) is 14.4 Å². The lowest BCUT2D eigenvalue weighted by Crippen LogP contribution is -2.41. The van der Waals surface area contributed by atoms with Crippen molar-refractivity contribution < 1.29 is 9.59 Å². The van der Waals surface area contributed by atoms with E-state index in [1.54, 1.807) is 0 Å². The molecule has 3 rings (SSSR count). The van der Waals surface area contributed by atoms with Gasteiger partial charge >= 0.3 is 0 Å². The van der Waals surface area contributed by atoms with Crippen molar-refractivity contribution in [3.05, 3.63) is 28.4 Å². The molecule has 0 unspecified atom stereocenters. The summed E-state index contributed by atoms with van der Waals surface area (Å²) in [4.78, 5) is 43.8. The van der Waals surface area contributed by atoms with Gasteiger partial charge in [-0.25, -0.2) is 4.98 Å². The smallest absolute Gasteiger partial charge is 0.271 e. The van der Waals surface area contributed by atoms with E-state index < -0.39 is 0 Å². The van der Waals surface area contributed by atoms with E-state index in [0.717, 1.165) is 43.6 Å². The minimum atomic E-state index is -0.340. The lowest BCUT2D eigenvalue weighted by molar-refractivity contribution is -0.135. The van der Waals surface area contributed by atoms with Crippen molar-refractivity contribution >= 4 is 23.6 Å². The predicted molar refractivity (Wildman–Crippen MR) is 87.4 cm³/mol. The SMILES string of the molecule is O=C(N[C@@H]1CC[C@H](C(=O)N2CCSCC2)C1)c1c[nH]c(=O)cn1. The molecule has 2 atom stereocenters. The van der Waals surface area contributed by atoms with Gasteiger partial charge in [0.05, 0.1) is 6.20 Å². The zero-order chi connectivity index (χ0) is 16.2. The van der Waals surface area contributed by atoms with Gasteiger partial charge < -0.3 is 15.2 Å². The van der Waals surface area contributed by atoms with Gasteiger partial charge in [0.25, 0.3) is 11.5 Å². The Kier molecular flexibility index (Phi) is 5.00. The number of rotatable bonds is 3. The molecule has 2 amide bonds. The Labute approximate surface area is 138 Å². The van der Waals surface area contributed by atoms with Crippen LogP contribution >= 0.6 is 11.8 Å². The third-order valence-corrected chi connectivity index (χ3v) is 5.29. The van der Waals surface area contributed by atoms with Crippen molar-refractivity contribution in [2.24, 2.45) is 5.92 Å². The van der Waals surface area contributed by atoms with Crippen LogP contribution in [-0.4, -0.2) is 57.3 Å². The molecular formula is C15H20N4O3S. The van der Waals surface area contributed by atoms with E-state index in [-0.39, 0.29) is 35.0 Å². The van der Waals surface area contributed by atoms with Crippen LogP contribution in [-0.2, 0) is 4.79 Å². The standard InChI is InChI=1S/C15H20N4O3S/c20-13-9-16-12(8-17-13)14(21)18-11-2-1-10(7-11)15(22)19-3-5-23-6-4-19/h8-11H,1-7H2,(H,17,20)(H,18,21)/t10-,11+/m0/s1. The topological polar surface area (TPSA) is 95.2 Å². The summed E-state index contributed by atoms with van der Waals surface area (Å²) >= 11 is 1.88. The first-order valence-electron chi connectivity index (χ1n) is 7.85. The van der Waals surface area contributed by atoms with E-state index in [9.17, 15) is 14.4 Å². The molecule has 1 aliphatic heterocycles. The highest BCUT2D eigenvalue weighted by molar-refractivity contribution is 7.99. The average Bonchev–Trinajstić information content (AvgIpc) is 3.04. The molecule has 0 aromatic carbocycles. The molecule has 124 valence electrons. The third-order valence-electron chi connectivity index (χ3n) is 4.34. The van der Waals surface area contributed by atoms with Crippen LogP contribution < -0.4 is 10.9 Å². The van der Waals surface area contributed by atoms with E-state index in [0.29, 0.717) is 6.42 Å². The molecule has 2 aliphatic rings. The molecule has 7 nitrogen and oxygen atoms in total. The molecular weight excluding hydrogens is 316 g/mol. The fourth-order valence-electron chi connectivity index (χ4n) is 3.10. The number of thioether (sulfide) groups is 1. The lowest BCUT2D eigenvalue weighted by Gasteiger charge is -2.29. The van der Waals surface area contributed by atoms with E-state index in [2.05, 4.69) is 15.3 Å². The molecule has 1 aliphatic carbocycles. The highest BCUT2D eigenvalue weighted by Crippen LogP contribution is 2.28. The number of aromatic amines is 1. The summed E-state index contributed by atoms with van der Waals surface area (Å²) in [6.07, 6.45) is 4.68. The van der Waals surface area contributed by atoms with Crippen molar-refractivity contribution in [2.75, 3.05) is 24.6 Å². The van der Waals surface area contributed by atoms with Crippen LogP contribution in [0.1, 0.15) is 29.8 Å². The number of carbonyl (C=O) groups is 2. The molecule has 0 bridgehead atoms. The minimum Gasteiger partial charge on any atom is -0.348 e. The van der Waals surface area contributed by atoms with Crippen molar-refractivity contribution in [3.8, 4) is 0 Å². The maximum absolute atomic E-state index is 12.5. The van der Waals surface area contributed by atoms with Crippen LogP contribution in [0, 0.1) is 5.92 Å². The summed E-state index contributed by atoms with van der Waals surface area (Å²) in [6.45, 7) is 1.66. The first kappa shape index (κ1) is 16.0. The second kappa shape index (κ2) is 7.16. The van der Waals surface area contributed by atoms with Crippen LogP contribution in [0.3, 0.4) is 0 Å². The molecule has 0 spiro atoms. The maximum atomic E-state index is 12.5. The summed E-state index contributed by atoms with van der Waals surface area (Å²) in [5, 5.41) is 2.90. The van der Waals surface area contributed by atoms with Crippen molar-refractivity contribution in [1.29, 1.82) is 0 Å². The maximum Gasteiger partial charge on any atom is 0.271 e. The van der Waals surface area contributed by atoms with Crippen molar-refractivity contribution in [2.45, 2.75) is 25.3 Å². The van der Waals surface area contributed by atoms with Gasteiger partial charge in [0.15, 0.2) is 0 Å². The normalized spacial score (nSPS) is 24.4. The summed E-state index contributed by atoms with van der Waals surface area (Å²) < 4.78 is 0. The summed E-state index contributed by atoms with van der Waals surface area (Å²) in [7, 11) is 0. The summed E-state index contributed by atoms with van der Waals surface area (Å²) in [6, 6.07) is -0.00987. The monoisotopic (exact) mass is 336 g/mol. The second-order valence-electron chi connectivity index (χ2n) is 5.91. The Balaban J connectivity index is 1.53. The van der Waals surface area contributed by atoms with Gasteiger partial charge in [0, 0.05) is 42.8 Å². The van der Waals surface area contributed by atoms with E-state index in [1.165, 1.54) is 6.20 Å². The number of hydrogen-bond donors (Lipinski definition) is 2. The molecule has 23 heavy (non-hydrogen) atoms. The number of nitrogens with one attached hydrogen (secondary N) is 2. The first-order valence-corrected chi connectivity index (χ1v) is 9.01. The molecule has 0 radical (unpaired) electrons. The van der Waals surface area contributed by atoms with Gasteiger partial charge in [-0.15, -0.1) is 0 Å². The quantitative estimate of drug-likeness (QED) is 0.825. The number of amides is 2. The van der Waals surface area contributed by atoms with Crippen molar-refractivity contribution in [3.63, 3.8) is 0 Å². The number of nitrogens with zero attached hydrogens (tertiary/aromatic N) is 2. The van der Waals surface area contributed by atoms with Crippen molar-refractivity contribution in [1.82, 2.24) is 20.2 Å². The molecule has 2 fully saturated rings. The zero-order valence-electron chi connectivity index (χ0n) is 12.8. The van der Waals surface area contributed by atoms with Gasteiger partial charge in [-0.05, 0) is 19.3 Å². The Morgan fingerprint density at radius 1 is 1.30 bits per heavy atom. The van der Waals surface area contributed by atoms with E-state index >= 15 is 0 Å². The van der Waals surface area contributed by atoms with Crippen LogP contribution in [0.25, 0.3) is 0 Å². The molecule has 2 heterocycles. The minimum absolute atomic E-state index is 0.00643. The second-order valence-corrected chi connectivity index (χ2v) is 7.14. The highest BCUT2D eigenvalue weighted by atomic mass is 32.2. The first-order chi connectivity index (χ1) is 11.1. The lowest BCUT2D eigenvalue weighted by atomic mass is 10.1. The molecule has 1 saturated carbocycles. The Bertz CT molecular complexity index is 621. The summed E-state index contributed by atoms with van der Waals surface area (Å²) in [5.74, 6) is 1.94. The number of aromatic nitrogens is 2. The zero-order valence-corrected chi connectivity index (χ0v) is 13.6. The van der Waals surface area contributed by atoms with E-state index in [4.69, 9.17) is 0 Å². The molecule has 1 saturated heterocycles. The van der Waals surface area contributed by atoms with Crippen LogP contribution in [0.4, 0.5) is 0 Å². The molecule has 2 N–H and O–H groups in total.